The summed E-state index contributed by atoms with van der Waals surface area (Å²) in [5.74, 6) is 0.603. The number of thiazole rings is 1. The molecule has 0 amide bonds. The first kappa shape index (κ1) is 32.7. The van der Waals surface area contributed by atoms with Gasteiger partial charge in [0.25, 0.3) is 5.56 Å². The third-order valence-electron chi connectivity index (χ3n) is 8.17. The van der Waals surface area contributed by atoms with Gasteiger partial charge in [0.2, 0.25) is 0 Å². The minimum atomic E-state index is -0.890. The average molecular weight is 667 g/mol. The largest absolute Gasteiger partial charge is 0.497 e. The highest BCUT2D eigenvalue weighted by molar-refractivity contribution is 7.07. The number of carbonyl (C=O) groups is 1. The lowest BCUT2D eigenvalue weighted by Crippen LogP contribution is -2.40. The first-order valence-corrected chi connectivity index (χ1v) is 16.5. The van der Waals surface area contributed by atoms with Crippen LogP contribution < -0.4 is 29.1 Å². The number of halogens is 1. The fourth-order valence-electron chi connectivity index (χ4n) is 5.92. The van der Waals surface area contributed by atoms with Crippen LogP contribution in [0.5, 0.6) is 17.2 Å². The van der Waals surface area contributed by atoms with Gasteiger partial charge >= 0.3 is 5.97 Å². The highest BCUT2D eigenvalue weighted by Gasteiger charge is 2.36. The molecule has 1 aliphatic heterocycles. The molecule has 5 aromatic rings. The number of allylic oxidation sites excluding steroid dienone is 1. The Bertz CT molecular complexity index is 2220. The van der Waals surface area contributed by atoms with E-state index in [1.807, 2.05) is 43.3 Å². The van der Waals surface area contributed by atoms with Crippen molar-refractivity contribution >= 4 is 34.2 Å². The van der Waals surface area contributed by atoms with Gasteiger partial charge in [-0.1, -0.05) is 73.2 Å². The standard InChI is InChI=1S/C38H35FN2O6S/c1-5-11-30-34(37(43)46-6-2)35(28-20-25(44-3)17-19-31(28)45-4)41-36(42)33(48-38(41)40-30)21-27-26-14-9-7-12-23(26)16-18-32(27)47-22-24-13-8-10-15-29(24)39/h7-10,12-21,35H,5-6,11,22H2,1-4H3/b33-21-/t35-/m0/s1. The van der Waals surface area contributed by atoms with Crippen molar-refractivity contribution in [2.75, 3.05) is 20.8 Å². The summed E-state index contributed by atoms with van der Waals surface area (Å²) in [5.41, 5.74) is 2.14. The number of methoxy groups -OCH3 is 2. The fourth-order valence-corrected chi connectivity index (χ4v) is 6.92. The van der Waals surface area contributed by atoms with Crippen LogP contribution in [0.1, 0.15) is 49.4 Å². The lowest BCUT2D eigenvalue weighted by molar-refractivity contribution is -0.139. The van der Waals surface area contributed by atoms with Gasteiger partial charge in [-0.15, -0.1) is 0 Å². The van der Waals surface area contributed by atoms with Crippen molar-refractivity contribution < 1.29 is 28.1 Å². The second-order valence-electron chi connectivity index (χ2n) is 11.1. The van der Waals surface area contributed by atoms with E-state index in [-0.39, 0.29) is 30.2 Å². The number of hydrogen-bond acceptors (Lipinski definition) is 8. The van der Waals surface area contributed by atoms with Crippen molar-refractivity contribution in [3.05, 3.63) is 132 Å². The van der Waals surface area contributed by atoms with Gasteiger partial charge < -0.3 is 18.9 Å². The molecule has 1 atom stereocenters. The molecule has 8 nitrogen and oxygen atoms in total. The Hall–Kier alpha value is -5.22. The molecule has 6 rings (SSSR count). The number of esters is 1. The molecule has 0 aliphatic carbocycles. The Morgan fingerprint density at radius 2 is 1.75 bits per heavy atom. The Morgan fingerprint density at radius 1 is 0.979 bits per heavy atom. The fraction of sp³-hybridized carbons (Fsp3) is 0.237. The van der Waals surface area contributed by atoms with Crippen LogP contribution in [0.3, 0.4) is 0 Å². The first-order chi connectivity index (χ1) is 23.4. The highest BCUT2D eigenvalue weighted by Crippen LogP contribution is 2.39. The summed E-state index contributed by atoms with van der Waals surface area (Å²) in [6.07, 6.45) is 3.01. The molecule has 10 heteroatoms. The van der Waals surface area contributed by atoms with Crippen LogP contribution in [-0.2, 0) is 16.1 Å². The molecule has 0 saturated carbocycles. The van der Waals surface area contributed by atoms with Gasteiger partial charge in [-0.05, 0) is 60.5 Å². The van der Waals surface area contributed by atoms with E-state index in [0.717, 1.165) is 17.2 Å². The SMILES string of the molecule is CCCC1=C(C(=O)OCC)[C@H](c2cc(OC)ccc2OC)n2c(s/c(=C\c3c(OCc4ccccc4F)ccc4ccccc34)c2=O)=N1. The molecule has 4 aromatic carbocycles. The lowest BCUT2D eigenvalue weighted by atomic mass is 9.93. The van der Waals surface area contributed by atoms with Crippen LogP contribution >= 0.6 is 11.3 Å². The van der Waals surface area contributed by atoms with Gasteiger partial charge in [0, 0.05) is 16.7 Å². The molecule has 2 heterocycles. The summed E-state index contributed by atoms with van der Waals surface area (Å²) in [7, 11) is 3.09. The van der Waals surface area contributed by atoms with E-state index < -0.39 is 12.0 Å². The van der Waals surface area contributed by atoms with Crippen molar-refractivity contribution in [2.45, 2.75) is 39.3 Å². The van der Waals surface area contributed by atoms with Gasteiger partial charge in [0.1, 0.15) is 35.7 Å². The van der Waals surface area contributed by atoms with E-state index in [9.17, 15) is 14.0 Å². The normalized spacial score (nSPS) is 14.4. The summed E-state index contributed by atoms with van der Waals surface area (Å²) in [4.78, 5) is 33.6. The van der Waals surface area contributed by atoms with Crippen LogP contribution in [0, 0.1) is 5.82 Å². The molecule has 0 radical (unpaired) electrons. The molecule has 0 unspecified atom stereocenters. The molecular formula is C38H35FN2O6S. The Labute approximate surface area is 281 Å². The number of carbonyl (C=O) groups excluding carboxylic acids is 1. The summed E-state index contributed by atoms with van der Waals surface area (Å²) in [6, 6.07) is 22.4. The van der Waals surface area contributed by atoms with E-state index in [2.05, 4.69) is 0 Å². The molecule has 0 N–H and O–H groups in total. The monoisotopic (exact) mass is 666 g/mol. The predicted octanol–water partition coefficient (Wildman–Crippen LogP) is 6.47. The Kier molecular flexibility index (Phi) is 9.72. The number of benzene rings is 4. The van der Waals surface area contributed by atoms with E-state index >= 15 is 0 Å². The second kappa shape index (κ2) is 14.3. The summed E-state index contributed by atoms with van der Waals surface area (Å²) in [6.45, 7) is 3.91. The van der Waals surface area contributed by atoms with Gasteiger partial charge in [0.15, 0.2) is 4.80 Å². The van der Waals surface area contributed by atoms with Crippen molar-refractivity contribution in [3.8, 4) is 17.2 Å². The van der Waals surface area contributed by atoms with Gasteiger partial charge in [0.05, 0.1) is 36.6 Å². The number of fused-ring (bicyclic) bond motifs is 2. The van der Waals surface area contributed by atoms with Crippen LogP contribution in [0.4, 0.5) is 4.39 Å². The summed E-state index contributed by atoms with van der Waals surface area (Å²) >= 11 is 1.22. The summed E-state index contributed by atoms with van der Waals surface area (Å²) in [5, 5.41) is 1.81. The molecule has 48 heavy (non-hydrogen) atoms. The average Bonchev–Trinajstić information content (AvgIpc) is 3.41. The maximum Gasteiger partial charge on any atom is 0.338 e. The van der Waals surface area contributed by atoms with E-state index in [1.165, 1.54) is 22.0 Å². The van der Waals surface area contributed by atoms with Crippen molar-refractivity contribution in [3.63, 3.8) is 0 Å². The molecule has 0 fully saturated rings. The van der Waals surface area contributed by atoms with Crippen LogP contribution in [-0.4, -0.2) is 31.4 Å². The maximum absolute atomic E-state index is 14.6. The van der Waals surface area contributed by atoms with Crippen LogP contribution in [0.2, 0.25) is 0 Å². The number of ether oxygens (including phenoxy) is 4. The second-order valence-corrected chi connectivity index (χ2v) is 12.1. The van der Waals surface area contributed by atoms with E-state index in [1.54, 1.807) is 63.6 Å². The molecule has 1 aromatic heterocycles. The van der Waals surface area contributed by atoms with Gasteiger partial charge in [-0.3, -0.25) is 9.36 Å². The topological polar surface area (TPSA) is 88.4 Å². The quantitative estimate of drug-likeness (QED) is 0.150. The summed E-state index contributed by atoms with van der Waals surface area (Å²) < 4.78 is 39.4. The third-order valence-corrected chi connectivity index (χ3v) is 9.15. The minimum absolute atomic E-state index is 0.00597. The number of hydrogen-bond donors (Lipinski definition) is 0. The third kappa shape index (κ3) is 6.23. The van der Waals surface area contributed by atoms with Gasteiger partial charge in [-0.2, -0.15) is 0 Å². The zero-order chi connectivity index (χ0) is 33.8. The van der Waals surface area contributed by atoms with Crippen molar-refractivity contribution in [2.24, 2.45) is 4.99 Å². The molecule has 0 bridgehead atoms. The van der Waals surface area contributed by atoms with Gasteiger partial charge in [-0.25, -0.2) is 14.2 Å². The minimum Gasteiger partial charge on any atom is -0.497 e. The smallest absolute Gasteiger partial charge is 0.338 e. The van der Waals surface area contributed by atoms with Crippen molar-refractivity contribution in [1.82, 2.24) is 4.57 Å². The van der Waals surface area contributed by atoms with E-state index in [4.69, 9.17) is 23.9 Å². The van der Waals surface area contributed by atoms with E-state index in [0.29, 0.717) is 55.4 Å². The van der Waals surface area contributed by atoms with Crippen LogP contribution in [0.25, 0.3) is 16.8 Å². The number of aromatic nitrogens is 1. The molecule has 1 aliphatic rings. The Balaban J connectivity index is 1.59. The number of nitrogens with zero attached hydrogens (tertiary/aromatic N) is 2. The molecule has 246 valence electrons. The molecule has 0 spiro atoms. The predicted molar refractivity (Wildman–Crippen MR) is 184 cm³/mol. The number of rotatable bonds is 11. The zero-order valence-corrected chi connectivity index (χ0v) is 27.9. The van der Waals surface area contributed by atoms with Crippen LogP contribution in [0.15, 0.2) is 99.9 Å². The zero-order valence-electron chi connectivity index (χ0n) is 27.1. The maximum atomic E-state index is 14.6. The van der Waals surface area contributed by atoms with Crippen molar-refractivity contribution in [1.29, 1.82) is 0 Å². The Morgan fingerprint density at radius 3 is 2.50 bits per heavy atom. The molecular weight excluding hydrogens is 631 g/mol. The molecule has 0 saturated heterocycles. The lowest BCUT2D eigenvalue weighted by Gasteiger charge is -2.27. The first-order valence-electron chi connectivity index (χ1n) is 15.7. The highest BCUT2D eigenvalue weighted by atomic mass is 32.1.